The topological polar surface area (TPSA) is 92.4 Å². The van der Waals surface area contributed by atoms with E-state index >= 15 is 0 Å². The summed E-state index contributed by atoms with van der Waals surface area (Å²) in [6.45, 7) is 0.544. The van der Waals surface area contributed by atoms with E-state index in [1.54, 1.807) is 12.1 Å². The van der Waals surface area contributed by atoms with E-state index in [1.807, 2.05) is 0 Å². The molecule has 0 fully saturated rings. The second-order valence-electron chi connectivity index (χ2n) is 3.76. The van der Waals surface area contributed by atoms with Gasteiger partial charge in [0.1, 0.15) is 0 Å². The summed E-state index contributed by atoms with van der Waals surface area (Å²) in [7, 11) is 0. The molecule has 0 radical (unpaired) electrons. The quantitative estimate of drug-likeness (QED) is 0.702. The number of unbranched alkanes of at least 4 members (excludes halogenated alkanes) is 1. The van der Waals surface area contributed by atoms with Crippen molar-refractivity contribution in [3.05, 3.63) is 28.2 Å². The van der Waals surface area contributed by atoms with Gasteiger partial charge in [-0.15, -0.1) is 0 Å². The molecule has 0 unspecified atom stereocenters. The first kappa shape index (κ1) is 14.7. The van der Waals surface area contributed by atoms with Crippen molar-refractivity contribution in [3.63, 3.8) is 0 Å². The Labute approximate surface area is 113 Å². The maximum atomic E-state index is 11.6. The highest BCUT2D eigenvalue weighted by atomic mass is 79.9. The number of anilines is 1. The zero-order valence-corrected chi connectivity index (χ0v) is 11.4. The molecule has 0 saturated carbocycles. The molecule has 6 heteroatoms. The molecule has 0 bridgehead atoms. The molecule has 1 amide bonds. The van der Waals surface area contributed by atoms with Crippen LogP contribution in [-0.4, -0.2) is 23.5 Å². The largest absolute Gasteiger partial charge is 0.478 e. The van der Waals surface area contributed by atoms with E-state index in [1.165, 1.54) is 6.07 Å². The third-order valence-corrected chi connectivity index (χ3v) is 3.03. The molecule has 0 spiro atoms. The zero-order valence-electron chi connectivity index (χ0n) is 9.78. The van der Waals surface area contributed by atoms with Crippen molar-refractivity contribution in [2.75, 3.05) is 11.9 Å². The van der Waals surface area contributed by atoms with Gasteiger partial charge in [0, 0.05) is 10.9 Å². The van der Waals surface area contributed by atoms with Gasteiger partial charge >= 0.3 is 5.97 Å². The summed E-state index contributed by atoms with van der Waals surface area (Å²) in [5, 5.41) is 11.6. The van der Waals surface area contributed by atoms with Crippen LogP contribution in [0.4, 0.5) is 5.69 Å². The lowest BCUT2D eigenvalue weighted by molar-refractivity contribution is -0.116. The number of carbonyl (C=O) groups excluding carboxylic acids is 1. The van der Waals surface area contributed by atoms with E-state index in [-0.39, 0.29) is 11.5 Å². The molecule has 0 aliphatic rings. The van der Waals surface area contributed by atoms with Crippen molar-refractivity contribution < 1.29 is 14.7 Å². The summed E-state index contributed by atoms with van der Waals surface area (Å²) in [5.74, 6) is -1.29. The fraction of sp³-hybridized carbons (Fsp3) is 0.333. The number of halogens is 1. The van der Waals surface area contributed by atoms with Gasteiger partial charge in [-0.3, -0.25) is 4.79 Å². The Morgan fingerprint density at radius 1 is 1.33 bits per heavy atom. The summed E-state index contributed by atoms with van der Waals surface area (Å²) in [6.07, 6.45) is 1.79. The van der Waals surface area contributed by atoms with Gasteiger partial charge in [0.05, 0.1) is 11.3 Å². The molecular weight excluding hydrogens is 300 g/mol. The molecule has 0 aliphatic heterocycles. The number of rotatable bonds is 6. The van der Waals surface area contributed by atoms with Gasteiger partial charge in [-0.2, -0.15) is 0 Å². The molecular formula is C12H15BrN2O3. The molecule has 1 aromatic carbocycles. The van der Waals surface area contributed by atoms with Crippen LogP contribution in [0.3, 0.4) is 0 Å². The second kappa shape index (κ2) is 7.13. The van der Waals surface area contributed by atoms with Crippen molar-refractivity contribution in [3.8, 4) is 0 Å². The number of nitrogens with two attached hydrogens (primary N) is 1. The molecule has 4 N–H and O–H groups in total. The summed E-state index contributed by atoms with van der Waals surface area (Å²) >= 11 is 3.23. The van der Waals surface area contributed by atoms with Crippen molar-refractivity contribution in [2.24, 2.45) is 5.73 Å². The molecule has 1 rings (SSSR count). The van der Waals surface area contributed by atoms with Crippen molar-refractivity contribution in [1.29, 1.82) is 0 Å². The van der Waals surface area contributed by atoms with Crippen LogP contribution < -0.4 is 11.1 Å². The first-order chi connectivity index (χ1) is 8.56. The van der Waals surface area contributed by atoms with E-state index in [0.29, 0.717) is 29.5 Å². The lowest BCUT2D eigenvalue weighted by atomic mass is 10.1. The molecule has 0 saturated heterocycles. The van der Waals surface area contributed by atoms with E-state index in [9.17, 15) is 9.59 Å². The summed E-state index contributed by atoms with van der Waals surface area (Å²) in [5.41, 5.74) is 5.70. The average Bonchev–Trinajstić information content (AvgIpc) is 2.31. The number of hydrogen-bond acceptors (Lipinski definition) is 3. The predicted molar refractivity (Wildman–Crippen MR) is 72.6 cm³/mol. The van der Waals surface area contributed by atoms with Gasteiger partial charge in [0.2, 0.25) is 5.91 Å². The Balaban J connectivity index is 2.77. The number of benzene rings is 1. The fourth-order valence-corrected chi connectivity index (χ4v) is 1.93. The maximum absolute atomic E-state index is 11.6. The summed E-state index contributed by atoms with van der Waals surface area (Å²) in [4.78, 5) is 22.7. The van der Waals surface area contributed by atoms with Gasteiger partial charge in [0.15, 0.2) is 0 Å². The van der Waals surface area contributed by atoms with Crippen molar-refractivity contribution in [1.82, 2.24) is 0 Å². The standard InChI is InChI=1S/C12H15BrN2O3/c13-9-5-3-4-8(12(17)18)11(9)15-10(16)6-1-2-7-14/h3-5H,1-2,6-7,14H2,(H,15,16)(H,17,18). The molecule has 0 aliphatic carbocycles. The monoisotopic (exact) mass is 314 g/mol. The average molecular weight is 315 g/mol. The zero-order chi connectivity index (χ0) is 13.5. The predicted octanol–water partition coefficient (Wildman–Crippen LogP) is 2.21. The van der Waals surface area contributed by atoms with Crippen LogP contribution >= 0.6 is 15.9 Å². The number of nitrogens with one attached hydrogen (secondary N) is 1. The van der Waals surface area contributed by atoms with Gasteiger partial charge < -0.3 is 16.2 Å². The number of carbonyl (C=O) groups is 2. The van der Waals surface area contributed by atoms with Crippen LogP contribution in [0.25, 0.3) is 0 Å². The third kappa shape index (κ3) is 4.12. The minimum absolute atomic E-state index is 0.0662. The Morgan fingerprint density at radius 2 is 2.06 bits per heavy atom. The van der Waals surface area contributed by atoms with Crippen LogP contribution in [0.1, 0.15) is 29.6 Å². The number of para-hydroxylation sites is 1. The summed E-state index contributed by atoms with van der Waals surface area (Å²) < 4.78 is 0.551. The van der Waals surface area contributed by atoms with Crippen LogP contribution in [0.2, 0.25) is 0 Å². The molecule has 5 nitrogen and oxygen atoms in total. The smallest absolute Gasteiger partial charge is 0.337 e. The highest BCUT2D eigenvalue weighted by Crippen LogP contribution is 2.26. The van der Waals surface area contributed by atoms with E-state index in [0.717, 1.165) is 6.42 Å². The Kier molecular flexibility index (Phi) is 5.80. The molecule has 1 aromatic rings. The Hall–Kier alpha value is -1.40. The number of carboxylic acids is 1. The van der Waals surface area contributed by atoms with Gasteiger partial charge in [-0.05, 0) is 47.4 Å². The number of hydrogen-bond donors (Lipinski definition) is 3. The first-order valence-electron chi connectivity index (χ1n) is 5.58. The van der Waals surface area contributed by atoms with Crippen molar-refractivity contribution >= 4 is 33.5 Å². The Bertz CT molecular complexity index is 449. The van der Waals surface area contributed by atoms with Crippen LogP contribution in [0.5, 0.6) is 0 Å². The van der Waals surface area contributed by atoms with Gasteiger partial charge in [-0.25, -0.2) is 4.79 Å². The minimum Gasteiger partial charge on any atom is -0.478 e. The molecule has 0 heterocycles. The number of amides is 1. The lowest BCUT2D eigenvalue weighted by Gasteiger charge is -2.10. The highest BCUT2D eigenvalue weighted by molar-refractivity contribution is 9.10. The second-order valence-corrected chi connectivity index (χ2v) is 4.62. The molecule has 98 valence electrons. The maximum Gasteiger partial charge on any atom is 0.337 e. The van der Waals surface area contributed by atoms with E-state index in [4.69, 9.17) is 10.8 Å². The molecule has 0 atom stereocenters. The summed E-state index contributed by atoms with van der Waals surface area (Å²) in [6, 6.07) is 4.74. The van der Waals surface area contributed by atoms with E-state index in [2.05, 4.69) is 21.2 Å². The fourth-order valence-electron chi connectivity index (χ4n) is 1.46. The van der Waals surface area contributed by atoms with Crippen LogP contribution in [-0.2, 0) is 4.79 Å². The molecule has 18 heavy (non-hydrogen) atoms. The van der Waals surface area contributed by atoms with E-state index < -0.39 is 5.97 Å². The minimum atomic E-state index is -1.08. The number of aromatic carboxylic acids is 1. The normalized spacial score (nSPS) is 10.1. The number of carboxylic acid groups (broad SMARTS) is 1. The lowest BCUT2D eigenvalue weighted by Crippen LogP contribution is -2.15. The van der Waals surface area contributed by atoms with Gasteiger partial charge in [-0.1, -0.05) is 6.07 Å². The SMILES string of the molecule is NCCCCC(=O)Nc1c(Br)cccc1C(=O)O. The Morgan fingerprint density at radius 3 is 2.67 bits per heavy atom. The van der Waals surface area contributed by atoms with Crippen LogP contribution in [0, 0.1) is 0 Å². The highest BCUT2D eigenvalue weighted by Gasteiger charge is 2.14. The first-order valence-corrected chi connectivity index (χ1v) is 6.37. The van der Waals surface area contributed by atoms with Gasteiger partial charge in [0.25, 0.3) is 0 Å². The van der Waals surface area contributed by atoms with Crippen LogP contribution in [0.15, 0.2) is 22.7 Å². The third-order valence-electron chi connectivity index (χ3n) is 2.37. The van der Waals surface area contributed by atoms with Crippen molar-refractivity contribution in [2.45, 2.75) is 19.3 Å². The molecule has 0 aromatic heterocycles.